The van der Waals surface area contributed by atoms with E-state index in [1.807, 2.05) is 46.6 Å². The Labute approximate surface area is 153 Å². The van der Waals surface area contributed by atoms with E-state index in [-0.39, 0.29) is 0 Å². The van der Waals surface area contributed by atoms with Gasteiger partial charge >= 0.3 is 0 Å². The molecule has 6 heteroatoms. The van der Waals surface area contributed by atoms with Gasteiger partial charge in [0.05, 0.1) is 25.0 Å². The summed E-state index contributed by atoms with van der Waals surface area (Å²) < 4.78 is 8.35. The quantitative estimate of drug-likeness (QED) is 0.584. The molecule has 0 fully saturated rings. The predicted octanol–water partition coefficient (Wildman–Crippen LogP) is 1.79. The molecule has 0 saturated carbocycles. The van der Waals surface area contributed by atoms with Crippen molar-refractivity contribution in [3.63, 3.8) is 0 Å². The number of nitriles is 2. The van der Waals surface area contributed by atoms with E-state index in [2.05, 4.69) is 45.5 Å². The van der Waals surface area contributed by atoms with Crippen molar-refractivity contribution in [1.82, 2.24) is 9.13 Å². The first-order valence-electron chi connectivity index (χ1n) is 8.69. The number of imidazole rings is 2. The molecule has 0 saturated heterocycles. The Morgan fingerprint density at radius 1 is 0.769 bits per heavy atom. The molecule has 2 aromatic heterocycles. The van der Waals surface area contributed by atoms with E-state index in [4.69, 9.17) is 10.5 Å². The van der Waals surface area contributed by atoms with Gasteiger partial charge in [0.2, 0.25) is 12.7 Å². The van der Waals surface area contributed by atoms with Crippen LogP contribution < -0.4 is 9.13 Å². The van der Waals surface area contributed by atoms with Gasteiger partial charge in [-0.1, -0.05) is 24.3 Å². The van der Waals surface area contributed by atoms with E-state index >= 15 is 0 Å². The highest BCUT2D eigenvalue weighted by Gasteiger charge is 2.11. The number of rotatable bonds is 8. The number of aryl methyl sites for hydroxylation is 2. The average molecular weight is 346 g/mol. The molecule has 3 rings (SSSR count). The number of benzene rings is 1. The Bertz CT molecular complexity index is 860. The molecule has 0 bridgehead atoms. The lowest BCUT2D eigenvalue weighted by Crippen LogP contribution is -2.35. The predicted molar refractivity (Wildman–Crippen MR) is 94.4 cm³/mol. The Morgan fingerprint density at radius 2 is 1.23 bits per heavy atom. The van der Waals surface area contributed by atoms with Gasteiger partial charge in [-0.3, -0.25) is 0 Å². The molecule has 6 nitrogen and oxygen atoms in total. The summed E-state index contributed by atoms with van der Waals surface area (Å²) in [5.41, 5.74) is 2.54. The third-order valence-electron chi connectivity index (χ3n) is 4.28. The number of nitrogens with zero attached hydrogens (tertiary/aromatic N) is 6. The van der Waals surface area contributed by atoms with Crippen LogP contribution in [0.3, 0.4) is 0 Å². The van der Waals surface area contributed by atoms with E-state index in [1.54, 1.807) is 0 Å². The maximum atomic E-state index is 8.71. The van der Waals surface area contributed by atoms with E-state index < -0.39 is 0 Å². The Kier molecular flexibility index (Phi) is 5.80. The highest BCUT2D eigenvalue weighted by atomic mass is 15.1. The summed E-state index contributed by atoms with van der Waals surface area (Å²) in [6.07, 6.45) is 13.2. The van der Waals surface area contributed by atoms with Crippen molar-refractivity contribution in [2.24, 2.45) is 0 Å². The second-order valence-electron chi connectivity index (χ2n) is 6.23. The van der Waals surface area contributed by atoms with Crippen LogP contribution in [0.15, 0.2) is 61.7 Å². The van der Waals surface area contributed by atoms with Gasteiger partial charge in [-0.2, -0.15) is 10.5 Å². The van der Waals surface area contributed by atoms with E-state index in [9.17, 15) is 0 Å². The Morgan fingerprint density at radius 3 is 1.65 bits per heavy atom. The summed E-state index contributed by atoms with van der Waals surface area (Å²) >= 11 is 0. The van der Waals surface area contributed by atoms with Gasteiger partial charge in [-0.15, -0.1) is 0 Å². The molecule has 0 N–H and O–H groups in total. The molecule has 0 spiro atoms. The highest BCUT2D eigenvalue weighted by molar-refractivity contribution is 5.25. The molecule has 0 atom stereocenters. The van der Waals surface area contributed by atoms with Crippen molar-refractivity contribution in [3.05, 3.63) is 72.8 Å². The zero-order valence-corrected chi connectivity index (χ0v) is 14.7. The van der Waals surface area contributed by atoms with Crippen molar-refractivity contribution >= 4 is 0 Å². The van der Waals surface area contributed by atoms with Crippen LogP contribution in [0.5, 0.6) is 0 Å². The first kappa shape index (κ1) is 17.4. The lowest BCUT2D eigenvalue weighted by Gasteiger charge is -2.05. The molecule has 1 aromatic carbocycles. The monoisotopic (exact) mass is 346 g/mol. The third kappa shape index (κ3) is 4.58. The molecule has 26 heavy (non-hydrogen) atoms. The van der Waals surface area contributed by atoms with Crippen LogP contribution in [0, 0.1) is 22.7 Å². The van der Waals surface area contributed by atoms with Crippen LogP contribution >= 0.6 is 0 Å². The minimum atomic E-state index is 0.519. The van der Waals surface area contributed by atoms with Crippen LogP contribution in [0.2, 0.25) is 0 Å². The lowest BCUT2D eigenvalue weighted by atomic mass is 10.1. The third-order valence-corrected chi connectivity index (χ3v) is 4.28. The van der Waals surface area contributed by atoms with Gasteiger partial charge in [0, 0.05) is 11.1 Å². The number of hydrogen-bond donors (Lipinski definition) is 0. The smallest absolute Gasteiger partial charge is 0.236 e. The minimum absolute atomic E-state index is 0.519. The Balaban J connectivity index is 1.70. The highest BCUT2D eigenvalue weighted by Crippen LogP contribution is 2.08. The molecule has 0 amide bonds. The summed E-state index contributed by atoms with van der Waals surface area (Å²) in [5, 5.41) is 17.4. The first-order chi connectivity index (χ1) is 12.8. The van der Waals surface area contributed by atoms with Gasteiger partial charge in [-0.25, -0.2) is 18.3 Å². The maximum absolute atomic E-state index is 8.71. The topological polar surface area (TPSA) is 65.2 Å². The average Bonchev–Trinajstić information content (AvgIpc) is 3.29. The summed E-state index contributed by atoms with van der Waals surface area (Å²) in [7, 11) is 0. The SMILES string of the molecule is N#CCCn1cc[n+](Cc2ccccc2C[n+]2ccn(CCC#N)c2)c1. The molecule has 0 unspecified atom stereocenters. The number of aromatic nitrogens is 4. The van der Waals surface area contributed by atoms with Crippen molar-refractivity contribution in [2.75, 3.05) is 0 Å². The van der Waals surface area contributed by atoms with Crippen LogP contribution in [0.25, 0.3) is 0 Å². The summed E-state index contributed by atoms with van der Waals surface area (Å²) in [6, 6.07) is 12.8. The molecule has 0 aliphatic carbocycles. The van der Waals surface area contributed by atoms with Gasteiger partial charge in [0.1, 0.15) is 51.0 Å². The van der Waals surface area contributed by atoms with Gasteiger partial charge < -0.3 is 0 Å². The molecule has 0 aliphatic heterocycles. The summed E-state index contributed by atoms with van der Waals surface area (Å²) in [4.78, 5) is 0. The maximum Gasteiger partial charge on any atom is 0.244 e. The zero-order chi connectivity index (χ0) is 18.2. The normalized spacial score (nSPS) is 10.4. The fraction of sp³-hybridized carbons (Fsp3) is 0.300. The molecular formula is C20H22N6+2. The van der Waals surface area contributed by atoms with Crippen molar-refractivity contribution in [1.29, 1.82) is 10.5 Å². The fourth-order valence-corrected chi connectivity index (χ4v) is 2.95. The number of hydrogen-bond acceptors (Lipinski definition) is 2. The van der Waals surface area contributed by atoms with Gasteiger partial charge in [0.25, 0.3) is 0 Å². The van der Waals surface area contributed by atoms with Crippen molar-refractivity contribution in [2.45, 2.75) is 39.0 Å². The molecular weight excluding hydrogens is 324 g/mol. The standard InChI is InChI=1S/C20H22N6/c21-7-3-9-23-11-13-25(17-23)15-19-5-1-2-6-20(19)16-26-14-12-24(18-26)10-4-8-22/h1-2,5-6,11-14,17-18H,3-4,9-10,15-16H2/q+2. The van der Waals surface area contributed by atoms with E-state index in [0.717, 1.165) is 26.2 Å². The molecule has 3 aromatic rings. The summed E-state index contributed by atoms with van der Waals surface area (Å²) in [6.45, 7) is 3.03. The van der Waals surface area contributed by atoms with Crippen molar-refractivity contribution in [3.8, 4) is 12.1 Å². The second-order valence-corrected chi connectivity index (χ2v) is 6.23. The van der Waals surface area contributed by atoms with E-state index in [0.29, 0.717) is 12.8 Å². The van der Waals surface area contributed by atoms with Crippen LogP contribution in [-0.4, -0.2) is 9.13 Å². The largest absolute Gasteiger partial charge is 0.244 e. The second kappa shape index (κ2) is 8.64. The van der Waals surface area contributed by atoms with Crippen LogP contribution in [0.1, 0.15) is 24.0 Å². The molecule has 2 heterocycles. The molecule has 0 aliphatic rings. The first-order valence-corrected chi connectivity index (χ1v) is 8.69. The minimum Gasteiger partial charge on any atom is -0.236 e. The van der Waals surface area contributed by atoms with Gasteiger partial charge in [-0.05, 0) is 0 Å². The van der Waals surface area contributed by atoms with Gasteiger partial charge in [0.15, 0.2) is 0 Å². The lowest BCUT2D eigenvalue weighted by molar-refractivity contribution is -0.693. The molecule has 130 valence electrons. The fourth-order valence-electron chi connectivity index (χ4n) is 2.95. The Hall–Kier alpha value is -3.38. The zero-order valence-electron chi connectivity index (χ0n) is 14.7. The summed E-state index contributed by atoms with van der Waals surface area (Å²) in [5.74, 6) is 0. The molecule has 0 radical (unpaired) electrons. The van der Waals surface area contributed by atoms with Crippen molar-refractivity contribution < 1.29 is 9.13 Å². The van der Waals surface area contributed by atoms with E-state index in [1.165, 1.54) is 11.1 Å². The van der Waals surface area contributed by atoms with Crippen LogP contribution in [-0.2, 0) is 26.2 Å². The van der Waals surface area contributed by atoms with Crippen LogP contribution in [0.4, 0.5) is 0 Å².